The summed E-state index contributed by atoms with van der Waals surface area (Å²) in [6.45, 7) is 0.933. The molecule has 0 atom stereocenters. The van der Waals surface area contributed by atoms with Gasteiger partial charge in [0, 0.05) is 25.2 Å². The van der Waals surface area contributed by atoms with Gasteiger partial charge in [0.1, 0.15) is 11.9 Å². The van der Waals surface area contributed by atoms with E-state index in [2.05, 4.69) is 4.72 Å². The minimum atomic E-state index is -3.32. The molecule has 5 nitrogen and oxygen atoms in total. The highest BCUT2D eigenvalue weighted by atomic mass is 35.5. The van der Waals surface area contributed by atoms with Crippen molar-refractivity contribution < 1.29 is 13.2 Å². The Morgan fingerprint density at radius 3 is 2.63 bits per heavy atom. The van der Waals surface area contributed by atoms with E-state index in [9.17, 15) is 8.42 Å². The predicted molar refractivity (Wildman–Crippen MR) is 74.7 cm³/mol. The normalized spacial score (nSPS) is 18.4. The van der Waals surface area contributed by atoms with Crippen LogP contribution in [0.15, 0.2) is 24.3 Å². The molecule has 0 aromatic heterocycles. The number of piperidine rings is 1. The van der Waals surface area contributed by atoms with Crippen molar-refractivity contribution in [2.45, 2.75) is 18.9 Å². The van der Waals surface area contributed by atoms with Crippen LogP contribution in [-0.2, 0) is 10.2 Å². The van der Waals surface area contributed by atoms with Gasteiger partial charge in [-0.05, 0) is 31.0 Å². The fourth-order valence-corrected chi connectivity index (χ4v) is 3.18. The summed E-state index contributed by atoms with van der Waals surface area (Å²) >= 11 is 5.89. The van der Waals surface area contributed by atoms with Crippen molar-refractivity contribution in [2.24, 2.45) is 0 Å². The third-order valence-corrected chi connectivity index (χ3v) is 4.89. The Bertz CT molecular complexity index is 528. The van der Waals surface area contributed by atoms with Crippen LogP contribution in [0, 0.1) is 0 Å². The van der Waals surface area contributed by atoms with Crippen LogP contribution in [0.3, 0.4) is 0 Å². The minimum absolute atomic E-state index is 0.0294. The SMILES string of the molecule is CNS(=O)(=O)N1CCC(Oc2cccc(Cl)c2)CC1. The van der Waals surface area contributed by atoms with Crippen LogP contribution < -0.4 is 9.46 Å². The molecular formula is C12H17ClN2O3S. The van der Waals surface area contributed by atoms with Crippen LogP contribution in [-0.4, -0.2) is 39.0 Å². The number of hydrogen-bond donors (Lipinski definition) is 1. The van der Waals surface area contributed by atoms with Gasteiger partial charge in [0.15, 0.2) is 0 Å². The zero-order valence-corrected chi connectivity index (χ0v) is 12.2. The predicted octanol–water partition coefficient (Wildman–Crippen LogP) is 1.65. The van der Waals surface area contributed by atoms with Gasteiger partial charge in [0.2, 0.25) is 0 Å². The Morgan fingerprint density at radius 2 is 2.05 bits per heavy atom. The highest BCUT2D eigenvalue weighted by Gasteiger charge is 2.27. The first kappa shape index (κ1) is 14.6. The number of halogens is 1. The average molecular weight is 305 g/mol. The molecule has 19 heavy (non-hydrogen) atoms. The van der Waals surface area contributed by atoms with Crippen molar-refractivity contribution in [1.82, 2.24) is 9.03 Å². The second-order valence-corrected chi connectivity index (χ2v) is 6.69. The van der Waals surface area contributed by atoms with E-state index in [1.54, 1.807) is 12.1 Å². The molecule has 1 aliphatic rings. The van der Waals surface area contributed by atoms with Crippen LogP contribution >= 0.6 is 11.6 Å². The Kier molecular flexibility index (Phi) is 4.67. The molecule has 1 saturated heterocycles. The average Bonchev–Trinajstić information content (AvgIpc) is 2.39. The van der Waals surface area contributed by atoms with Crippen LogP contribution in [0.5, 0.6) is 5.75 Å². The molecular weight excluding hydrogens is 288 g/mol. The fraction of sp³-hybridized carbons (Fsp3) is 0.500. The van der Waals surface area contributed by atoms with E-state index in [4.69, 9.17) is 16.3 Å². The van der Waals surface area contributed by atoms with E-state index in [0.717, 1.165) is 5.75 Å². The van der Waals surface area contributed by atoms with Crippen LogP contribution in [0.1, 0.15) is 12.8 Å². The zero-order valence-electron chi connectivity index (χ0n) is 10.7. The molecule has 2 rings (SSSR count). The molecule has 0 saturated carbocycles. The second kappa shape index (κ2) is 6.09. The standard InChI is InChI=1S/C12H17ClN2O3S/c1-14-19(16,17)15-7-5-11(6-8-15)18-12-4-2-3-10(13)9-12/h2-4,9,11,14H,5-8H2,1H3. The Balaban J connectivity index is 1.91. The molecule has 0 aliphatic carbocycles. The molecule has 106 valence electrons. The summed E-state index contributed by atoms with van der Waals surface area (Å²) in [5.74, 6) is 0.724. The summed E-state index contributed by atoms with van der Waals surface area (Å²) in [7, 11) is -1.90. The third-order valence-electron chi connectivity index (χ3n) is 3.10. The van der Waals surface area contributed by atoms with Gasteiger partial charge in [-0.1, -0.05) is 17.7 Å². The maximum atomic E-state index is 11.6. The first-order chi connectivity index (χ1) is 9.01. The van der Waals surface area contributed by atoms with Gasteiger partial charge < -0.3 is 4.74 Å². The maximum Gasteiger partial charge on any atom is 0.279 e. The maximum absolute atomic E-state index is 11.6. The van der Waals surface area contributed by atoms with Gasteiger partial charge in [-0.25, -0.2) is 4.72 Å². The topological polar surface area (TPSA) is 58.6 Å². The van der Waals surface area contributed by atoms with E-state index in [0.29, 0.717) is 31.0 Å². The molecule has 1 aromatic rings. The fourth-order valence-electron chi connectivity index (χ4n) is 2.05. The van der Waals surface area contributed by atoms with Gasteiger partial charge >= 0.3 is 0 Å². The van der Waals surface area contributed by atoms with Crippen molar-refractivity contribution in [3.63, 3.8) is 0 Å². The number of ether oxygens (including phenoxy) is 1. The molecule has 0 spiro atoms. The van der Waals surface area contributed by atoms with Gasteiger partial charge in [-0.3, -0.25) is 0 Å². The Labute approximate surface area is 118 Å². The lowest BCUT2D eigenvalue weighted by Gasteiger charge is -2.31. The monoisotopic (exact) mass is 304 g/mol. The number of nitrogens with one attached hydrogen (secondary N) is 1. The van der Waals surface area contributed by atoms with Crippen molar-refractivity contribution in [3.8, 4) is 5.75 Å². The summed E-state index contributed by atoms with van der Waals surface area (Å²) in [5.41, 5.74) is 0. The second-order valence-electron chi connectivity index (χ2n) is 4.38. The number of benzene rings is 1. The lowest BCUT2D eigenvalue weighted by molar-refractivity contribution is 0.134. The number of rotatable bonds is 4. The summed E-state index contributed by atoms with van der Waals surface area (Å²) < 4.78 is 32.8. The zero-order chi connectivity index (χ0) is 13.9. The molecule has 0 radical (unpaired) electrons. The van der Waals surface area contributed by atoms with Crippen molar-refractivity contribution >= 4 is 21.8 Å². The third kappa shape index (κ3) is 3.82. The summed E-state index contributed by atoms with van der Waals surface area (Å²) in [4.78, 5) is 0. The van der Waals surface area contributed by atoms with E-state index >= 15 is 0 Å². The molecule has 0 unspecified atom stereocenters. The smallest absolute Gasteiger partial charge is 0.279 e. The van der Waals surface area contributed by atoms with Crippen molar-refractivity contribution in [3.05, 3.63) is 29.3 Å². The highest BCUT2D eigenvalue weighted by molar-refractivity contribution is 7.87. The van der Waals surface area contributed by atoms with Crippen molar-refractivity contribution in [1.29, 1.82) is 0 Å². The Morgan fingerprint density at radius 1 is 1.37 bits per heavy atom. The first-order valence-corrected chi connectivity index (χ1v) is 7.94. The van der Waals surface area contributed by atoms with Gasteiger partial charge in [-0.15, -0.1) is 0 Å². The van der Waals surface area contributed by atoms with E-state index in [1.165, 1.54) is 11.4 Å². The summed E-state index contributed by atoms with van der Waals surface area (Å²) in [6.07, 6.45) is 1.38. The highest BCUT2D eigenvalue weighted by Crippen LogP contribution is 2.22. The molecule has 1 aliphatic heterocycles. The summed E-state index contributed by atoms with van der Waals surface area (Å²) in [5, 5.41) is 0.632. The van der Waals surface area contributed by atoms with E-state index in [-0.39, 0.29) is 6.10 Å². The molecule has 0 amide bonds. The van der Waals surface area contributed by atoms with Gasteiger partial charge in [0.05, 0.1) is 0 Å². The largest absolute Gasteiger partial charge is 0.490 e. The number of hydrogen-bond acceptors (Lipinski definition) is 3. The Hall–Kier alpha value is -0.820. The number of nitrogens with zero attached hydrogens (tertiary/aromatic N) is 1. The summed E-state index contributed by atoms with van der Waals surface area (Å²) in [6, 6.07) is 7.23. The minimum Gasteiger partial charge on any atom is -0.490 e. The molecule has 0 bridgehead atoms. The lowest BCUT2D eigenvalue weighted by atomic mass is 10.1. The van der Waals surface area contributed by atoms with Crippen LogP contribution in [0.25, 0.3) is 0 Å². The van der Waals surface area contributed by atoms with Crippen LogP contribution in [0.2, 0.25) is 5.02 Å². The quantitative estimate of drug-likeness (QED) is 0.920. The molecule has 1 N–H and O–H groups in total. The van der Waals surface area contributed by atoms with Crippen molar-refractivity contribution in [2.75, 3.05) is 20.1 Å². The molecule has 1 aromatic carbocycles. The molecule has 1 fully saturated rings. The lowest BCUT2D eigenvalue weighted by Crippen LogP contribution is -2.45. The molecule has 7 heteroatoms. The van der Waals surface area contributed by atoms with Gasteiger partial charge in [-0.2, -0.15) is 12.7 Å². The van der Waals surface area contributed by atoms with Gasteiger partial charge in [0.25, 0.3) is 10.2 Å². The first-order valence-electron chi connectivity index (χ1n) is 6.12. The van der Waals surface area contributed by atoms with E-state index < -0.39 is 10.2 Å². The molecule has 1 heterocycles. The van der Waals surface area contributed by atoms with E-state index in [1.807, 2.05) is 12.1 Å². The van der Waals surface area contributed by atoms with Crippen LogP contribution in [0.4, 0.5) is 0 Å².